The van der Waals surface area contributed by atoms with Crippen LogP contribution in [0.3, 0.4) is 0 Å². The molecule has 1 unspecified atom stereocenters. The van der Waals surface area contributed by atoms with Crippen molar-refractivity contribution in [1.29, 1.82) is 0 Å². The Balaban J connectivity index is 0. The van der Waals surface area contributed by atoms with E-state index in [-0.39, 0.29) is 6.10 Å². The molecule has 0 aliphatic rings. The fraction of sp³-hybridized carbons (Fsp3) is 1.00. The number of aliphatic hydroxyl groups is 1. The average molecular weight is 457 g/mol. The van der Waals surface area contributed by atoms with Gasteiger partial charge in [-0.25, -0.2) is 4.57 Å². The minimum Gasteiger partial charge on any atom is -0.393 e. The van der Waals surface area contributed by atoms with Crippen LogP contribution in [0, 0.1) is 0 Å². The number of hydrogen-bond donors (Lipinski definition) is 4. The van der Waals surface area contributed by atoms with Gasteiger partial charge >= 0.3 is 7.82 Å². The summed E-state index contributed by atoms with van der Waals surface area (Å²) in [6.45, 7) is 4.18. The molecule has 7 heteroatoms. The van der Waals surface area contributed by atoms with Gasteiger partial charge in [-0.1, -0.05) is 103 Å². The summed E-state index contributed by atoms with van der Waals surface area (Å²) in [7, 11) is -4.64. The molecule has 0 radical (unpaired) electrons. The second-order valence-corrected chi connectivity index (χ2v) is 10.3. The van der Waals surface area contributed by atoms with Gasteiger partial charge in [-0.15, -0.1) is 0 Å². The first-order valence-electron chi connectivity index (χ1n) is 11.8. The van der Waals surface area contributed by atoms with Crippen LogP contribution < -0.4 is 0 Å². The van der Waals surface area contributed by atoms with Crippen LogP contribution in [0.2, 0.25) is 0 Å². The second-order valence-electron chi connectivity index (χ2n) is 8.07. The van der Waals surface area contributed by atoms with Gasteiger partial charge in [0.15, 0.2) is 0 Å². The molecule has 0 aromatic carbocycles. The lowest BCUT2D eigenvalue weighted by Gasteiger charge is -2.05. The van der Waals surface area contributed by atoms with Crippen LogP contribution >= 0.6 is 19.6 Å². The highest BCUT2D eigenvalue weighted by Gasteiger charge is 2.00. The molecular weight excluding hydrogens is 407 g/mol. The van der Waals surface area contributed by atoms with Crippen molar-refractivity contribution in [1.82, 2.24) is 0 Å². The zero-order valence-corrected chi connectivity index (χ0v) is 20.8. The van der Waals surface area contributed by atoms with Crippen LogP contribution in [0.1, 0.15) is 123 Å². The molecule has 0 bridgehead atoms. The minimum atomic E-state index is -4.64. The largest absolute Gasteiger partial charge is 0.466 e. The van der Waals surface area contributed by atoms with Gasteiger partial charge in [0.1, 0.15) is 0 Å². The highest BCUT2D eigenvalue weighted by atomic mass is 32.2. The third-order valence-electron chi connectivity index (χ3n) is 4.82. The molecule has 0 saturated heterocycles. The number of thioether (sulfide) groups is 1. The molecule has 0 aromatic rings. The molecule has 0 amide bonds. The third kappa shape index (κ3) is 43.2. The van der Waals surface area contributed by atoms with Crippen molar-refractivity contribution in [3.05, 3.63) is 0 Å². The van der Waals surface area contributed by atoms with Crippen LogP contribution in [0.25, 0.3) is 0 Å². The van der Waals surface area contributed by atoms with Crippen molar-refractivity contribution in [3.8, 4) is 0 Å². The highest BCUT2D eigenvalue weighted by Crippen LogP contribution is 2.25. The first-order chi connectivity index (χ1) is 13.8. The van der Waals surface area contributed by atoms with Crippen molar-refractivity contribution in [2.45, 2.75) is 129 Å². The topological polar surface area (TPSA) is 98.0 Å². The predicted octanol–water partition coefficient (Wildman–Crippen LogP) is 6.82. The molecule has 0 aliphatic carbocycles. The maximum atomic E-state index is 9.18. The van der Waals surface area contributed by atoms with Crippen molar-refractivity contribution >= 4 is 19.6 Å². The van der Waals surface area contributed by atoms with Crippen LogP contribution in [0.5, 0.6) is 0 Å². The van der Waals surface area contributed by atoms with Gasteiger partial charge in [0, 0.05) is 0 Å². The van der Waals surface area contributed by atoms with E-state index in [9.17, 15) is 5.11 Å². The molecule has 0 rings (SSSR count). The second kappa shape index (κ2) is 24.7. The van der Waals surface area contributed by atoms with Crippen LogP contribution in [0.4, 0.5) is 0 Å². The van der Waals surface area contributed by atoms with Crippen LogP contribution in [-0.4, -0.2) is 37.4 Å². The lowest BCUT2D eigenvalue weighted by Crippen LogP contribution is -2.00. The Morgan fingerprint density at radius 2 is 0.966 bits per heavy atom. The predicted molar refractivity (Wildman–Crippen MR) is 127 cm³/mol. The number of phosphoric acid groups is 1. The van der Waals surface area contributed by atoms with E-state index in [1.54, 1.807) is 0 Å². The molecule has 4 N–H and O–H groups in total. The SMILES string of the molecule is CCCCCCCCCCCCCCCCCCSCCC(C)O.O=P(O)(O)O. The summed E-state index contributed by atoms with van der Waals surface area (Å²) in [6, 6.07) is 0. The van der Waals surface area contributed by atoms with Crippen molar-refractivity contribution in [2.24, 2.45) is 0 Å². The Morgan fingerprint density at radius 3 is 1.28 bits per heavy atom. The number of hydrogen-bond acceptors (Lipinski definition) is 3. The molecule has 0 heterocycles. The van der Waals surface area contributed by atoms with E-state index in [1.807, 2.05) is 18.7 Å². The monoisotopic (exact) mass is 456 g/mol. The Labute approximate surface area is 184 Å². The fourth-order valence-corrected chi connectivity index (χ4v) is 4.23. The van der Waals surface area contributed by atoms with Gasteiger partial charge in [0.2, 0.25) is 0 Å². The maximum Gasteiger partial charge on any atom is 0.466 e. The normalized spacial score (nSPS) is 12.5. The molecule has 0 aliphatic heterocycles. The Kier molecular flexibility index (Phi) is 26.9. The molecule has 0 spiro atoms. The molecule has 178 valence electrons. The molecular formula is C22H49O5PS. The van der Waals surface area contributed by atoms with E-state index < -0.39 is 7.82 Å². The van der Waals surface area contributed by atoms with E-state index in [1.165, 1.54) is 108 Å². The highest BCUT2D eigenvalue weighted by molar-refractivity contribution is 7.99. The maximum absolute atomic E-state index is 9.18. The van der Waals surface area contributed by atoms with Gasteiger partial charge in [-0.2, -0.15) is 11.8 Å². The summed E-state index contributed by atoms with van der Waals surface area (Å²) in [4.78, 5) is 21.6. The van der Waals surface area contributed by atoms with E-state index in [0.717, 1.165) is 12.2 Å². The molecule has 0 fully saturated rings. The van der Waals surface area contributed by atoms with E-state index in [2.05, 4.69) is 6.92 Å². The molecule has 0 saturated carbocycles. The van der Waals surface area contributed by atoms with Gasteiger partial charge in [-0.3, -0.25) is 0 Å². The average Bonchev–Trinajstić information content (AvgIpc) is 2.62. The summed E-state index contributed by atoms with van der Waals surface area (Å²) in [6.07, 6.45) is 23.9. The van der Waals surface area contributed by atoms with Gasteiger partial charge in [-0.05, 0) is 31.3 Å². The number of unbranched alkanes of at least 4 members (excludes halogenated alkanes) is 15. The van der Waals surface area contributed by atoms with E-state index in [4.69, 9.17) is 19.2 Å². The molecule has 0 aromatic heterocycles. The van der Waals surface area contributed by atoms with Crippen molar-refractivity contribution < 1.29 is 24.4 Å². The summed E-state index contributed by atoms with van der Waals surface area (Å²) < 4.78 is 8.88. The zero-order chi connectivity index (χ0) is 22.2. The molecule has 1 atom stereocenters. The lowest BCUT2D eigenvalue weighted by atomic mass is 10.0. The van der Waals surface area contributed by atoms with E-state index >= 15 is 0 Å². The first-order valence-corrected chi connectivity index (χ1v) is 14.5. The number of rotatable bonds is 20. The minimum absolute atomic E-state index is 0.122. The summed E-state index contributed by atoms with van der Waals surface area (Å²) >= 11 is 2.01. The Hall–Kier alpha value is 0.420. The molecule has 5 nitrogen and oxygen atoms in total. The number of aliphatic hydroxyl groups excluding tert-OH is 1. The smallest absolute Gasteiger partial charge is 0.393 e. The van der Waals surface area contributed by atoms with Crippen molar-refractivity contribution in [3.63, 3.8) is 0 Å². The zero-order valence-electron chi connectivity index (χ0n) is 19.1. The quantitative estimate of drug-likeness (QED) is 0.118. The fourth-order valence-electron chi connectivity index (χ4n) is 3.11. The summed E-state index contributed by atoms with van der Waals surface area (Å²) in [5.41, 5.74) is 0. The first kappa shape index (κ1) is 31.6. The van der Waals surface area contributed by atoms with E-state index in [0.29, 0.717) is 0 Å². The Morgan fingerprint density at radius 1 is 0.655 bits per heavy atom. The standard InChI is InChI=1S/C22H46OS.H3O4P/c1-3-4-5-6-7-8-9-10-11-12-13-14-15-16-17-18-20-24-21-19-22(2)23;1-5(2,3)4/h22-23H,3-21H2,1-2H3;(H3,1,2,3,4). The van der Waals surface area contributed by atoms with Gasteiger partial charge < -0.3 is 19.8 Å². The van der Waals surface area contributed by atoms with Crippen LogP contribution in [-0.2, 0) is 4.57 Å². The summed E-state index contributed by atoms with van der Waals surface area (Å²) in [5.74, 6) is 2.40. The lowest BCUT2D eigenvalue weighted by molar-refractivity contribution is 0.192. The summed E-state index contributed by atoms with van der Waals surface area (Å²) in [5, 5.41) is 9.18. The van der Waals surface area contributed by atoms with Crippen molar-refractivity contribution in [2.75, 3.05) is 11.5 Å². The Bertz CT molecular complexity index is 342. The van der Waals surface area contributed by atoms with Crippen LogP contribution in [0.15, 0.2) is 0 Å². The van der Waals surface area contributed by atoms with Gasteiger partial charge in [0.05, 0.1) is 6.10 Å². The van der Waals surface area contributed by atoms with Gasteiger partial charge in [0.25, 0.3) is 0 Å². The molecule has 29 heavy (non-hydrogen) atoms. The third-order valence-corrected chi connectivity index (χ3v) is 5.92.